The second-order valence-electron chi connectivity index (χ2n) is 4.29. The molecule has 0 aliphatic carbocycles. The van der Waals surface area contributed by atoms with Crippen LogP contribution in [0.25, 0.3) is 0 Å². The van der Waals surface area contributed by atoms with Gasteiger partial charge in [0, 0.05) is 20.1 Å². The van der Waals surface area contributed by atoms with Crippen LogP contribution in [0.2, 0.25) is 0 Å². The van der Waals surface area contributed by atoms with Crippen molar-refractivity contribution in [2.24, 2.45) is 0 Å². The number of rotatable bonds is 5. The number of carboxylic acids is 1. The summed E-state index contributed by atoms with van der Waals surface area (Å²) < 4.78 is 0. The number of nitrogens with zero attached hydrogens (tertiary/aromatic N) is 2. The second-order valence-corrected chi connectivity index (χ2v) is 4.29. The first kappa shape index (κ1) is 14.7. The third kappa shape index (κ3) is 3.12. The number of urea groups is 1. The number of amides is 2. The number of likely N-dealkylation sites (N-methyl/N-ethyl adjacent to an activating group) is 1. The minimum Gasteiger partial charge on any atom is -0.480 e. The van der Waals surface area contributed by atoms with Crippen LogP contribution in [0.15, 0.2) is 0 Å². The molecule has 1 N–H and O–H groups in total. The van der Waals surface area contributed by atoms with Gasteiger partial charge in [-0.25, -0.2) is 9.59 Å². The first-order valence-corrected chi connectivity index (χ1v) is 5.55. The Balaban J connectivity index is 4.77. The van der Waals surface area contributed by atoms with Crippen molar-refractivity contribution in [2.45, 2.75) is 39.7 Å². The maximum absolute atomic E-state index is 12.0. The van der Waals surface area contributed by atoms with E-state index in [2.05, 4.69) is 0 Å². The minimum absolute atomic E-state index is 0.239. The van der Waals surface area contributed by atoms with Gasteiger partial charge in [-0.15, -0.1) is 0 Å². The zero-order valence-electron chi connectivity index (χ0n) is 10.8. The van der Waals surface area contributed by atoms with Gasteiger partial charge in [0.1, 0.15) is 5.54 Å². The van der Waals surface area contributed by atoms with Crippen LogP contribution in [-0.4, -0.2) is 52.6 Å². The van der Waals surface area contributed by atoms with E-state index in [0.29, 0.717) is 13.1 Å². The number of carbonyl (C=O) groups excluding carboxylic acids is 1. The van der Waals surface area contributed by atoms with Gasteiger partial charge in [-0.2, -0.15) is 0 Å². The molecule has 0 aliphatic rings. The molecule has 5 nitrogen and oxygen atoms in total. The summed E-state index contributed by atoms with van der Waals surface area (Å²) in [4.78, 5) is 25.9. The van der Waals surface area contributed by atoms with E-state index >= 15 is 0 Å². The van der Waals surface area contributed by atoms with Gasteiger partial charge in [0.05, 0.1) is 0 Å². The van der Waals surface area contributed by atoms with Crippen LogP contribution in [-0.2, 0) is 4.79 Å². The van der Waals surface area contributed by atoms with Gasteiger partial charge in [-0.3, -0.25) is 0 Å². The van der Waals surface area contributed by atoms with Gasteiger partial charge in [-0.05, 0) is 27.2 Å². The molecule has 2 amide bonds. The highest BCUT2D eigenvalue weighted by Crippen LogP contribution is 2.14. The normalized spacial score (nSPS) is 11.1. The Morgan fingerprint density at radius 3 is 2.06 bits per heavy atom. The van der Waals surface area contributed by atoms with Gasteiger partial charge < -0.3 is 14.9 Å². The van der Waals surface area contributed by atoms with Crippen molar-refractivity contribution in [3.63, 3.8) is 0 Å². The van der Waals surface area contributed by atoms with Gasteiger partial charge in [-0.1, -0.05) is 6.92 Å². The van der Waals surface area contributed by atoms with E-state index in [-0.39, 0.29) is 6.03 Å². The summed E-state index contributed by atoms with van der Waals surface area (Å²) in [5.74, 6) is -1.00. The summed E-state index contributed by atoms with van der Waals surface area (Å²) in [6.45, 7) is 8.15. The van der Waals surface area contributed by atoms with Crippen LogP contribution in [0, 0.1) is 0 Å². The predicted octanol–water partition coefficient (Wildman–Crippen LogP) is 1.63. The van der Waals surface area contributed by atoms with E-state index in [1.54, 1.807) is 4.90 Å². The Morgan fingerprint density at radius 2 is 1.75 bits per heavy atom. The standard InChI is InChI=1S/C11H22N2O3/c1-6-8-13(7-2)10(16)12(5)11(3,4)9(14)15/h6-8H2,1-5H3,(H,14,15). The molecule has 0 atom stereocenters. The summed E-state index contributed by atoms with van der Waals surface area (Å²) in [6.07, 6.45) is 0.862. The molecule has 0 heterocycles. The Bertz CT molecular complexity index is 264. The van der Waals surface area contributed by atoms with Crippen molar-refractivity contribution in [2.75, 3.05) is 20.1 Å². The maximum atomic E-state index is 12.0. The maximum Gasteiger partial charge on any atom is 0.329 e. The topological polar surface area (TPSA) is 60.9 Å². The van der Waals surface area contributed by atoms with Gasteiger partial charge >= 0.3 is 12.0 Å². The number of aliphatic carboxylic acids is 1. The first-order chi connectivity index (χ1) is 7.28. The molecule has 0 saturated carbocycles. The Labute approximate surface area is 97.0 Å². The number of carbonyl (C=O) groups is 2. The van der Waals surface area contributed by atoms with E-state index in [1.807, 2.05) is 13.8 Å². The lowest BCUT2D eigenvalue weighted by atomic mass is 10.0. The molecular weight excluding hydrogens is 208 g/mol. The summed E-state index contributed by atoms with van der Waals surface area (Å²) >= 11 is 0. The molecule has 0 aromatic heterocycles. The molecule has 0 radical (unpaired) electrons. The van der Waals surface area contributed by atoms with Gasteiger partial charge in [0.25, 0.3) is 0 Å². The Morgan fingerprint density at radius 1 is 1.25 bits per heavy atom. The van der Waals surface area contributed by atoms with E-state index < -0.39 is 11.5 Å². The fourth-order valence-electron chi connectivity index (χ4n) is 1.25. The number of hydrogen-bond acceptors (Lipinski definition) is 2. The van der Waals surface area contributed by atoms with Crippen LogP contribution >= 0.6 is 0 Å². The fraction of sp³-hybridized carbons (Fsp3) is 0.818. The predicted molar refractivity (Wildman–Crippen MR) is 62.4 cm³/mol. The zero-order valence-corrected chi connectivity index (χ0v) is 10.8. The van der Waals surface area contributed by atoms with Gasteiger partial charge in [0.2, 0.25) is 0 Å². The molecule has 94 valence electrons. The van der Waals surface area contributed by atoms with Crippen LogP contribution in [0.3, 0.4) is 0 Å². The molecule has 0 rings (SSSR count). The highest BCUT2D eigenvalue weighted by Gasteiger charge is 2.36. The summed E-state index contributed by atoms with van der Waals surface area (Å²) in [5.41, 5.74) is -1.18. The molecule has 0 aromatic rings. The van der Waals surface area contributed by atoms with Gasteiger partial charge in [0.15, 0.2) is 0 Å². The van der Waals surface area contributed by atoms with Crippen LogP contribution in [0.4, 0.5) is 4.79 Å². The van der Waals surface area contributed by atoms with E-state index in [4.69, 9.17) is 5.11 Å². The smallest absolute Gasteiger partial charge is 0.329 e. The molecule has 16 heavy (non-hydrogen) atoms. The average molecular weight is 230 g/mol. The average Bonchev–Trinajstić information content (AvgIpc) is 2.23. The third-order valence-corrected chi connectivity index (χ3v) is 2.79. The largest absolute Gasteiger partial charge is 0.480 e. The van der Waals surface area contributed by atoms with Crippen molar-refractivity contribution >= 4 is 12.0 Å². The highest BCUT2D eigenvalue weighted by atomic mass is 16.4. The Hall–Kier alpha value is -1.26. The lowest BCUT2D eigenvalue weighted by molar-refractivity contribution is -0.147. The lowest BCUT2D eigenvalue weighted by Gasteiger charge is -2.35. The number of carboxylic acid groups (broad SMARTS) is 1. The second kappa shape index (κ2) is 5.72. The highest BCUT2D eigenvalue weighted by molar-refractivity contribution is 5.85. The molecule has 0 saturated heterocycles. The monoisotopic (exact) mass is 230 g/mol. The van der Waals surface area contributed by atoms with E-state index in [9.17, 15) is 9.59 Å². The third-order valence-electron chi connectivity index (χ3n) is 2.79. The molecule has 0 fully saturated rings. The number of hydrogen-bond donors (Lipinski definition) is 1. The van der Waals surface area contributed by atoms with E-state index in [0.717, 1.165) is 6.42 Å². The molecule has 5 heteroatoms. The SMILES string of the molecule is CCCN(CC)C(=O)N(C)C(C)(C)C(=O)O. The summed E-state index contributed by atoms with van der Waals surface area (Å²) in [7, 11) is 1.52. The molecular formula is C11H22N2O3. The van der Waals surface area contributed by atoms with Crippen molar-refractivity contribution < 1.29 is 14.7 Å². The van der Waals surface area contributed by atoms with Crippen LogP contribution in [0.5, 0.6) is 0 Å². The first-order valence-electron chi connectivity index (χ1n) is 5.55. The lowest BCUT2D eigenvalue weighted by Crippen LogP contribution is -2.55. The fourth-order valence-corrected chi connectivity index (χ4v) is 1.25. The molecule has 0 spiro atoms. The Kier molecular flexibility index (Phi) is 5.27. The summed E-state index contributed by atoms with van der Waals surface area (Å²) in [5, 5.41) is 9.03. The molecule has 0 aliphatic heterocycles. The summed E-state index contributed by atoms with van der Waals surface area (Å²) in [6, 6.07) is -0.239. The van der Waals surface area contributed by atoms with Crippen LogP contribution < -0.4 is 0 Å². The molecule has 0 aromatic carbocycles. The minimum atomic E-state index is -1.18. The quantitative estimate of drug-likeness (QED) is 0.781. The molecule has 0 bridgehead atoms. The molecule has 0 unspecified atom stereocenters. The van der Waals surface area contributed by atoms with Crippen LogP contribution in [0.1, 0.15) is 34.1 Å². The van der Waals surface area contributed by atoms with Crippen molar-refractivity contribution in [3.8, 4) is 0 Å². The van der Waals surface area contributed by atoms with Crippen molar-refractivity contribution in [1.82, 2.24) is 9.80 Å². The van der Waals surface area contributed by atoms with Crippen molar-refractivity contribution in [1.29, 1.82) is 0 Å². The zero-order chi connectivity index (χ0) is 12.9. The van der Waals surface area contributed by atoms with Crippen molar-refractivity contribution in [3.05, 3.63) is 0 Å². The van der Waals surface area contributed by atoms with E-state index in [1.165, 1.54) is 25.8 Å².